The molecule has 0 bridgehead atoms. The summed E-state index contributed by atoms with van der Waals surface area (Å²) in [4.78, 5) is 36.1. The molecule has 1 saturated carbocycles. The molecule has 2 amide bonds. The Kier molecular flexibility index (Phi) is 4.62. The van der Waals surface area contributed by atoms with Gasteiger partial charge in [0.2, 0.25) is 11.8 Å². The fourth-order valence-corrected chi connectivity index (χ4v) is 2.75. The van der Waals surface area contributed by atoms with Crippen molar-refractivity contribution < 1.29 is 19.5 Å². The highest BCUT2D eigenvalue weighted by atomic mass is 16.4. The molecule has 0 spiro atoms. The van der Waals surface area contributed by atoms with Gasteiger partial charge in [0.25, 0.3) is 0 Å². The van der Waals surface area contributed by atoms with Crippen molar-refractivity contribution in [2.24, 2.45) is 11.8 Å². The van der Waals surface area contributed by atoms with E-state index in [0.717, 1.165) is 19.3 Å². The molecule has 20 heavy (non-hydrogen) atoms. The third-order valence-electron chi connectivity index (χ3n) is 4.07. The Labute approximate surface area is 118 Å². The van der Waals surface area contributed by atoms with E-state index < -0.39 is 11.9 Å². The lowest BCUT2D eigenvalue weighted by atomic mass is 10.0. The fourth-order valence-electron chi connectivity index (χ4n) is 2.75. The molecule has 6 nitrogen and oxygen atoms in total. The first-order valence-electron chi connectivity index (χ1n) is 7.34. The van der Waals surface area contributed by atoms with Crippen molar-refractivity contribution in [1.29, 1.82) is 0 Å². The van der Waals surface area contributed by atoms with E-state index in [1.54, 1.807) is 4.90 Å². The van der Waals surface area contributed by atoms with Crippen LogP contribution in [0.2, 0.25) is 0 Å². The number of carboxylic acids is 1. The molecule has 2 rings (SSSR count). The lowest BCUT2D eigenvalue weighted by Gasteiger charge is -2.32. The molecule has 0 aromatic carbocycles. The zero-order chi connectivity index (χ0) is 14.7. The Bertz CT molecular complexity index is 402. The summed E-state index contributed by atoms with van der Waals surface area (Å²) in [6, 6.07) is 0.146. The largest absolute Gasteiger partial charge is 0.481 e. The van der Waals surface area contributed by atoms with E-state index in [-0.39, 0.29) is 23.8 Å². The number of piperidine rings is 1. The first-order chi connectivity index (χ1) is 9.52. The molecule has 112 valence electrons. The van der Waals surface area contributed by atoms with Gasteiger partial charge in [0, 0.05) is 25.6 Å². The predicted octanol–water partition coefficient (Wildman–Crippen LogP) is 0.614. The van der Waals surface area contributed by atoms with Crippen LogP contribution in [0.15, 0.2) is 0 Å². The van der Waals surface area contributed by atoms with Gasteiger partial charge in [-0.3, -0.25) is 14.4 Å². The van der Waals surface area contributed by atoms with Gasteiger partial charge < -0.3 is 15.3 Å². The molecule has 2 N–H and O–H groups in total. The lowest BCUT2D eigenvalue weighted by molar-refractivity contribution is -0.142. The average Bonchev–Trinajstić information content (AvgIpc) is 3.19. The molecular formula is C14H22N2O4. The molecule has 0 radical (unpaired) electrons. The summed E-state index contributed by atoms with van der Waals surface area (Å²) in [7, 11) is 0. The normalized spacial score (nSPS) is 26.1. The van der Waals surface area contributed by atoms with E-state index in [9.17, 15) is 14.4 Å². The molecule has 0 aromatic rings. The van der Waals surface area contributed by atoms with Crippen molar-refractivity contribution in [3.63, 3.8) is 0 Å². The van der Waals surface area contributed by atoms with Gasteiger partial charge >= 0.3 is 5.97 Å². The van der Waals surface area contributed by atoms with E-state index in [0.29, 0.717) is 25.9 Å². The summed E-state index contributed by atoms with van der Waals surface area (Å²) >= 11 is 0. The van der Waals surface area contributed by atoms with Gasteiger partial charge in [-0.1, -0.05) is 6.92 Å². The molecule has 1 aliphatic heterocycles. The van der Waals surface area contributed by atoms with Crippen molar-refractivity contribution in [1.82, 2.24) is 10.2 Å². The highest BCUT2D eigenvalue weighted by Gasteiger charge is 2.50. The van der Waals surface area contributed by atoms with Crippen molar-refractivity contribution in [2.75, 3.05) is 13.1 Å². The highest BCUT2D eigenvalue weighted by Crippen LogP contribution is 2.40. The minimum Gasteiger partial charge on any atom is -0.481 e. The number of nitrogens with one attached hydrogen (secondary N) is 1. The van der Waals surface area contributed by atoms with Crippen LogP contribution in [0.4, 0.5) is 0 Å². The summed E-state index contributed by atoms with van der Waals surface area (Å²) in [6.07, 6.45) is 3.36. The monoisotopic (exact) mass is 282 g/mol. The first-order valence-corrected chi connectivity index (χ1v) is 7.34. The van der Waals surface area contributed by atoms with Crippen molar-refractivity contribution >= 4 is 17.8 Å². The van der Waals surface area contributed by atoms with Crippen LogP contribution in [0, 0.1) is 11.8 Å². The van der Waals surface area contributed by atoms with Crippen LogP contribution in [0.25, 0.3) is 0 Å². The van der Waals surface area contributed by atoms with Crippen LogP contribution in [0.5, 0.6) is 0 Å². The third kappa shape index (κ3) is 3.49. The van der Waals surface area contributed by atoms with Gasteiger partial charge in [0.05, 0.1) is 11.8 Å². The fraction of sp³-hybridized carbons (Fsp3) is 0.786. The molecule has 2 atom stereocenters. The number of rotatable bonds is 5. The van der Waals surface area contributed by atoms with Gasteiger partial charge in [0.1, 0.15) is 0 Å². The molecule has 1 heterocycles. The second kappa shape index (κ2) is 6.24. The highest BCUT2D eigenvalue weighted by molar-refractivity contribution is 5.89. The van der Waals surface area contributed by atoms with Crippen LogP contribution >= 0.6 is 0 Å². The van der Waals surface area contributed by atoms with Crippen LogP contribution in [-0.2, 0) is 14.4 Å². The van der Waals surface area contributed by atoms with Crippen LogP contribution in [-0.4, -0.2) is 46.9 Å². The van der Waals surface area contributed by atoms with E-state index in [4.69, 9.17) is 5.11 Å². The molecular weight excluding hydrogens is 260 g/mol. The molecule has 2 fully saturated rings. The smallest absolute Gasteiger partial charge is 0.307 e. The molecule has 2 aliphatic rings. The molecule has 0 aromatic heterocycles. The number of hydrogen-bond acceptors (Lipinski definition) is 3. The minimum absolute atomic E-state index is 0.0317. The molecule has 1 saturated heterocycles. The standard InChI is InChI=1S/C14H22N2O4/c1-2-3-12(17)15-9-4-6-16(7-5-9)13(18)10-8-11(10)14(19)20/h9-11H,2-8H2,1H3,(H,15,17)(H,19,20). The maximum atomic E-state index is 12.1. The Morgan fingerprint density at radius 3 is 2.35 bits per heavy atom. The van der Waals surface area contributed by atoms with Gasteiger partial charge in [-0.25, -0.2) is 0 Å². The Morgan fingerprint density at radius 1 is 1.20 bits per heavy atom. The second-order valence-electron chi connectivity index (χ2n) is 5.70. The zero-order valence-electron chi connectivity index (χ0n) is 11.8. The quantitative estimate of drug-likeness (QED) is 0.773. The number of carbonyl (C=O) groups is 3. The maximum absolute atomic E-state index is 12.1. The van der Waals surface area contributed by atoms with E-state index in [2.05, 4.69) is 5.32 Å². The topological polar surface area (TPSA) is 86.7 Å². The molecule has 2 unspecified atom stereocenters. The Hall–Kier alpha value is -1.59. The van der Waals surface area contributed by atoms with Gasteiger partial charge in [0.15, 0.2) is 0 Å². The molecule has 6 heteroatoms. The number of hydrogen-bond donors (Lipinski definition) is 2. The summed E-state index contributed by atoms with van der Waals surface area (Å²) in [5.41, 5.74) is 0. The van der Waals surface area contributed by atoms with Crippen LogP contribution in [0.1, 0.15) is 39.0 Å². The number of aliphatic carboxylic acids is 1. The number of carbonyl (C=O) groups excluding carboxylic acids is 2. The van der Waals surface area contributed by atoms with E-state index in [1.165, 1.54) is 0 Å². The Morgan fingerprint density at radius 2 is 1.85 bits per heavy atom. The third-order valence-corrected chi connectivity index (χ3v) is 4.07. The maximum Gasteiger partial charge on any atom is 0.307 e. The van der Waals surface area contributed by atoms with E-state index >= 15 is 0 Å². The van der Waals surface area contributed by atoms with Gasteiger partial charge in [-0.2, -0.15) is 0 Å². The second-order valence-corrected chi connectivity index (χ2v) is 5.70. The first kappa shape index (κ1) is 14.8. The van der Waals surface area contributed by atoms with Gasteiger partial charge in [-0.05, 0) is 25.7 Å². The number of likely N-dealkylation sites (tertiary alicyclic amines) is 1. The van der Waals surface area contributed by atoms with Crippen molar-refractivity contribution in [2.45, 2.75) is 45.1 Å². The minimum atomic E-state index is -0.870. The average molecular weight is 282 g/mol. The van der Waals surface area contributed by atoms with E-state index in [1.807, 2.05) is 6.92 Å². The summed E-state index contributed by atoms with van der Waals surface area (Å²) in [5.74, 6) is -1.63. The summed E-state index contributed by atoms with van der Waals surface area (Å²) < 4.78 is 0. The number of nitrogens with zero attached hydrogens (tertiary/aromatic N) is 1. The summed E-state index contributed by atoms with van der Waals surface area (Å²) in [6.45, 7) is 3.19. The molecule has 1 aliphatic carbocycles. The number of carboxylic acid groups (broad SMARTS) is 1. The lowest BCUT2D eigenvalue weighted by Crippen LogP contribution is -2.47. The number of amides is 2. The summed E-state index contributed by atoms with van der Waals surface area (Å²) in [5, 5.41) is 11.8. The van der Waals surface area contributed by atoms with Crippen LogP contribution < -0.4 is 5.32 Å². The SMILES string of the molecule is CCCC(=O)NC1CCN(C(=O)C2CC2C(=O)O)CC1. The zero-order valence-corrected chi connectivity index (χ0v) is 11.8. The van der Waals surface area contributed by atoms with Gasteiger partial charge in [-0.15, -0.1) is 0 Å². The Balaban J connectivity index is 1.73. The predicted molar refractivity (Wildman–Crippen MR) is 71.9 cm³/mol. The van der Waals surface area contributed by atoms with Crippen LogP contribution in [0.3, 0.4) is 0 Å². The van der Waals surface area contributed by atoms with Crippen molar-refractivity contribution in [3.8, 4) is 0 Å². The van der Waals surface area contributed by atoms with Crippen molar-refractivity contribution in [3.05, 3.63) is 0 Å².